The number of anilines is 1. The van der Waals surface area contributed by atoms with Gasteiger partial charge in [-0.15, -0.1) is 11.3 Å². The van der Waals surface area contributed by atoms with E-state index >= 15 is 0 Å². The van der Waals surface area contributed by atoms with E-state index in [0.29, 0.717) is 10.8 Å². The van der Waals surface area contributed by atoms with E-state index in [-0.39, 0.29) is 11.9 Å². The van der Waals surface area contributed by atoms with Gasteiger partial charge in [0.15, 0.2) is 0 Å². The minimum Gasteiger partial charge on any atom is -0.316 e. The molecule has 0 aliphatic heterocycles. The van der Waals surface area contributed by atoms with Crippen LogP contribution in [0.3, 0.4) is 0 Å². The molecule has 1 aromatic carbocycles. The number of carbonyl (C=O) groups excluding carboxylic acids is 1. The maximum Gasteiger partial charge on any atom is 0.268 e. The molecule has 0 saturated carbocycles. The Labute approximate surface area is 128 Å². The third kappa shape index (κ3) is 3.70. The number of nitrogens with one attached hydrogen (secondary N) is 2. The molecule has 0 saturated heterocycles. The summed E-state index contributed by atoms with van der Waals surface area (Å²) in [5.41, 5.74) is 2.12. The van der Waals surface area contributed by atoms with Crippen molar-refractivity contribution in [1.29, 1.82) is 5.41 Å². The number of carbonyl (C=O) groups is 1. The van der Waals surface area contributed by atoms with Gasteiger partial charge in [-0.2, -0.15) is 0 Å². The van der Waals surface area contributed by atoms with E-state index in [4.69, 9.17) is 5.41 Å². The predicted octanol–water partition coefficient (Wildman–Crippen LogP) is 3.67. The van der Waals surface area contributed by atoms with Crippen molar-refractivity contribution < 1.29 is 4.79 Å². The molecular formula is C16H19N3OS. The summed E-state index contributed by atoms with van der Waals surface area (Å²) in [6, 6.07) is 11.6. The van der Waals surface area contributed by atoms with Gasteiger partial charge in [0, 0.05) is 12.7 Å². The Hall–Kier alpha value is -2.14. The van der Waals surface area contributed by atoms with Gasteiger partial charge in [0.25, 0.3) is 5.91 Å². The predicted molar refractivity (Wildman–Crippen MR) is 88.4 cm³/mol. The number of hydrogen-bond acceptors (Lipinski definition) is 3. The molecule has 4 nitrogen and oxygen atoms in total. The minimum absolute atomic E-state index is 0.0608. The van der Waals surface area contributed by atoms with E-state index in [1.807, 2.05) is 35.7 Å². The summed E-state index contributed by atoms with van der Waals surface area (Å²) >= 11 is 1.36. The van der Waals surface area contributed by atoms with Crippen LogP contribution in [0.1, 0.15) is 35.0 Å². The lowest BCUT2D eigenvalue weighted by atomic mass is 10.0. The molecule has 2 N–H and O–H groups in total. The molecule has 0 aliphatic rings. The number of benzene rings is 1. The maximum absolute atomic E-state index is 11.9. The topological polar surface area (TPSA) is 56.2 Å². The second kappa shape index (κ2) is 6.54. The number of rotatable bonds is 3. The van der Waals surface area contributed by atoms with E-state index < -0.39 is 0 Å². The third-order valence-electron chi connectivity index (χ3n) is 3.26. The van der Waals surface area contributed by atoms with Crippen LogP contribution in [0.15, 0.2) is 41.8 Å². The van der Waals surface area contributed by atoms with Crippen LogP contribution < -0.4 is 10.2 Å². The summed E-state index contributed by atoms with van der Waals surface area (Å²) < 4.78 is 0. The molecule has 21 heavy (non-hydrogen) atoms. The zero-order valence-corrected chi connectivity index (χ0v) is 13.2. The number of hydrogen-bond donors (Lipinski definition) is 2. The monoisotopic (exact) mass is 301 g/mol. The standard InChI is InChI=1S/C16H19N3OS/c1-11(2)12-6-8-13(9-7-12)19(3)16(17)18-15(20)14-5-4-10-21-14/h4-11H,1-3H3,(H2,17,18,20). The van der Waals surface area contributed by atoms with Gasteiger partial charge in [0.2, 0.25) is 5.96 Å². The van der Waals surface area contributed by atoms with Crippen molar-refractivity contribution >= 4 is 28.9 Å². The zero-order valence-electron chi connectivity index (χ0n) is 12.4. The van der Waals surface area contributed by atoms with Gasteiger partial charge in [0.05, 0.1) is 4.88 Å². The molecule has 2 rings (SSSR count). The highest BCUT2D eigenvalue weighted by Crippen LogP contribution is 2.19. The first-order valence-corrected chi connectivity index (χ1v) is 7.64. The van der Waals surface area contributed by atoms with Gasteiger partial charge < -0.3 is 4.90 Å². The van der Waals surface area contributed by atoms with Crippen molar-refractivity contribution in [3.8, 4) is 0 Å². The van der Waals surface area contributed by atoms with Gasteiger partial charge in [-0.1, -0.05) is 32.0 Å². The van der Waals surface area contributed by atoms with E-state index in [0.717, 1.165) is 5.69 Å². The smallest absolute Gasteiger partial charge is 0.268 e. The Morgan fingerprint density at radius 1 is 1.24 bits per heavy atom. The van der Waals surface area contributed by atoms with Crippen LogP contribution in [-0.4, -0.2) is 18.9 Å². The SMILES string of the molecule is CC(C)c1ccc(N(C)C(=N)NC(=O)c2cccs2)cc1. The fraction of sp³-hybridized carbons (Fsp3) is 0.250. The van der Waals surface area contributed by atoms with Crippen molar-refractivity contribution in [2.45, 2.75) is 19.8 Å². The lowest BCUT2D eigenvalue weighted by Gasteiger charge is -2.20. The fourth-order valence-electron chi connectivity index (χ4n) is 1.87. The average Bonchev–Trinajstić information content (AvgIpc) is 3.00. The Kier molecular flexibility index (Phi) is 4.75. The summed E-state index contributed by atoms with van der Waals surface area (Å²) in [5, 5.41) is 12.4. The van der Waals surface area contributed by atoms with Gasteiger partial charge in [0.1, 0.15) is 0 Å². The Balaban J connectivity index is 2.03. The van der Waals surface area contributed by atoms with Crippen molar-refractivity contribution in [2.24, 2.45) is 0 Å². The molecule has 0 aliphatic carbocycles. The highest BCUT2D eigenvalue weighted by molar-refractivity contribution is 7.12. The summed E-state index contributed by atoms with van der Waals surface area (Å²) in [4.78, 5) is 14.2. The van der Waals surface area contributed by atoms with Gasteiger partial charge in [-0.05, 0) is 35.1 Å². The summed E-state index contributed by atoms with van der Waals surface area (Å²) in [6.07, 6.45) is 0. The maximum atomic E-state index is 11.9. The first kappa shape index (κ1) is 15.3. The Bertz CT molecular complexity index is 617. The molecule has 110 valence electrons. The lowest BCUT2D eigenvalue weighted by Crippen LogP contribution is -2.41. The fourth-order valence-corrected chi connectivity index (χ4v) is 2.49. The van der Waals surface area contributed by atoms with Crippen LogP contribution in [0, 0.1) is 5.41 Å². The number of thiophene rings is 1. The Morgan fingerprint density at radius 2 is 1.90 bits per heavy atom. The largest absolute Gasteiger partial charge is 0.316 e. The first-order valence-electron chi connectivity index (χ1n) is 6.76. The molecule has 0 bridgehead atoms. The van der Waals surface area contributed by atoms with Crippen LogP contribution in [0.5, 0.6) is 0 Å². The molecular weight excluding hydrogens is 282 g/mol. The molecule has 2 aromatic rings. The number of guanidine groups is 1. The van der Waals surface area contributed by atoms with E-state index in [2.05, 4.69) is 19.2 Å². The average molecular weight is 301 g/mol. The van der Waals surface area contributed by atoms with Crippen LogP contribution in [0.4, 0.5) is 5.69 Å². The molecule has 1 heterocycles. The van der Waals surface area contributed by atoms with E-state index in [1.165, 1.54) is 16.9 Å². The number of nitrogens with zero attached hydrogens (tertiary/aromatic N) is 1. The van der Waals surface area contributed by atoms with Crippen molar-refractivity contribution in [3.05, 3.63) is 52.2 Å². The number of amides is 1. The summed E-state index contributed by atoms with van der Waals surface area (Å²) in [6.45, 7) is 4.28. The zero-order chi connectivity index (χ0) is 15.4. The second-order valence-corrected chi connectivity index (χ2v) is 6.03. The van der Waals surface area contributed by atoms with Crippen LogP contribution >= 0.6 is 11.3 Å². The molecule has 0 radical (unpaired) electrons. The van der Waals surface area contributed by atoms with Gasteiger partial charge in [-0.3, -0.25) is 15.5 Å². The molecule has 0 fully saturated rings. The molecule has 0 spiro atoms. The van der Waals surface area contributed by atoms with Crippen molar-refractivity contribution in [1.82, 2.24) is 5.32 Å². The summed E-state index contributed by atoms with van der Waals surface area (Å²) in [5.74, 6) is 0.286. The molecule has 1 amide bonds. The van der Waals surface area contributed by atoms with Crippen molar-refractivity contribution in [3.63, 3.8) is 0 Å². The second-order valence-electron chi connectivity index (χ2n) is 5.09. The van der Waals surface area contributed by atoms with E-state index in [1.54, 1.807) is 18.0 Å². The van der Waals surface area contributed by atoms with Gasteiger partial charge >= 0.3 is 0 Å². The molecule has 1 aromatic heterocycles. The molecule has 0 atom stereocenters. The Morgan fingerprint density at radius 3 is 2.43 bits per heavy atom. The third-order valence-corrected chi connectivity index (χ3v) is 4.13. The normalized spacial score (nSPS) is 10.5. The highest BCUT2D eigenvalue weighted by Gasteiger charge is 2.13. The quantitative estimate of drug-likeness (QED) is 0.671. The van der Waals surface area contributed by atoms with E-state index in [9.17, 15) is 4.79 Å². The lowest BCUT2D eigenvalue weighted by molar-refractivity contribution is 0.0980. The highest BCUT2D eigenvalue weighted by atomic mass is 32.1. The van der Waals surface area contributed by atoms with Crippen molar-refractivity contribution in [2.75, 3.05) is 11.9 Å². The first-order chi connectivity index (χ1) is 9.99. The van der Waals surface area contributed by atoms with Crippen LogP contribution in [0.2, 0.25) is 0 Å². The van der Waals surface area contributed by atoms with Crippen LogP contribution in [-0.2, 0) is 0 Å². The molecule has 5 heteroatoms. The van der Waals surface area contributed by atoms with Crippen LogP contribution in [0.25, 0.3) is 0 Å². The minimum atomic E-state index is -0.249. The molecule has 0 unspecified atom stereocenters. The summed E-state index contributed by atoms with van der Waals surface area (Å²) in [7, 11) is 1.77. The van der Waals surface area contributed by atoms with Gasteiger partial charge in [-0.25, -0.2) is 0 Å².